The van der Waals surface area contributed by atoms with E-state index in [-0.39, 0.29) is 10.6 Å². The van der Waals surface area contributed by atoms with Crippen LogP contribution in [0.5, 0.6) is 0 Å². The van der Waals surface area contributed by atoms with E-state index in [0.717, 1.165) is 12.8 Å². The average Bonchev–Trinajstić information content (AvgIpc) is 3.58. The molecule has 162 valence electrons. The summed E-state index contributed by atoms with van der Waals surface area (Å²) < 4.78 is -1.30. The van der Waals surface area contributed by atoms with Crippen molar-refractivity contribution in [2.24, 2.45) is 16.9 Å². The molecule has 2 atom stereocenters. The fourth-order valence-corrected chi connectivity index (χ4v) is 4.90. The van der Waals surface area contributed by atoms with Crippen LogP contribution in [0.1, 0.15) is 34.7 Å². The molecule has 4 rings (SSSR count). The number of anilines is 1. The normalized spacial score (nSPS) is 21.7. The largest absolute Gasteiger partial charge is 0.326 e. The van der Waals surface area contributed by atoms with Crippen molar-refractivity contribution in [3.63, 3.8) is 0 Å². The molecule has 2 saturated carbocycles. The maximum absolute atomic E-state index is 12.9. The molecule has 2 unspecified atom stereocenters. The minimum atomic E-state index is -1.30. The van der Waals surface area contributed by atoms with Crippen molar-refractivity contribution in [3.05, 3.63) is 62.6 Å². The van der Waals surface area contributed by atoms with Gasteiger partial charge in [0.15, 0.2) is 0 Å². The monoisotopic (exact) mass is 517 g/mol. The number of rotatable bonds is 6. The summed E-state index contributed by atoms with van der Waals surface area (Å²) in [6.45, 7) is 0. The van der Waals surface area contributed by atoms with E-state index in [1.54, 1.807) is 30.5 Å². The molecule has 2 aromatic carbocycles. The van der Waals surface area contributed by atoms with Gasteiger partial charge < -0.3 is 5.32 Å². The van der Waals surface area contributed by atoms with Gasteiger partial charge in [-0.2, -0.15) is 5.10 Å². The molecule has 5 nitrogen and oxygen atoms in total. The molecule has 0 heterocycles. The molecule has 0 spiro atoms. The maximum Gasteiger partial charge on any atom is 0.272 e. The summed E-state index contributed by atoms with van der Waals surface area (Å²) in [5, 5.41) is 7.76. The third-order valence-corrected chi connectivity index (χ3v) is 6.84. The Balaban J connectivity index is 1.47. The van der Waals surface area contributed by atoms with Gasteiger partial charge in [-0.25, -0.2) is 5.43 Å². The Bertz CT molecular complexity index is 1060. The number of carbonyl (C=O) groups is 2. The molecule has 0 aliphatic heterocycles. The summed E-state index contributed by atoms with van der Waals surface area (Å²) in [5.74, 6) is -1.64. The predicted molar refractivity (Wildman–Crippen MR) is 126 cm³/mol. The van der Waals surface area contributed by atoms with Crippen molar-refractivity contribution in [1.82, 2.24) is 5.43 Å². The fraction of sp³-hybridized carbons (Fsp3) is 0.286. The lowest BCUT2D eigenvalue weighted by atomic mass is 10.1. The van der Waals surface area contributed by atoms with E-state index in [1.807, 2.05) is 0 Å². The molecule has 2 aliphatic carbocycles. The van der Waals surface area contributed by atoms with E-state index in [2.05, 4.69) is 15.8 Å². The van der Waals surface area contributed by atoms with Crippen molar-refractivity contribution in [2.45, 2.75) is 23.1 Å². The molecule has 31 heavy (non-hydrogen) atoms. The Kier molecular flexibility index (Phi) is 6.44. The second kappa shape index (κ2) is 8.80. The van der Waals surface area contributed by atoms with Crippen LogP contribution in [0.4, 0.5) is 5.69 Å². The first-order valence-electron chi connectivity index (χ1n) is 9.44. The number of nitrogens with one attached hydrogen (secondary N) is 2. The van der Waals surface area contributed by atoms with Crippen LogP contribution in [-0.4, -0.2) is 22.4 Å². The van der Waals surface area contributed by atoms with Crippen molar-refractivity contribution in [3.8, 4) is 0 Å². The van der Waals surface area contributed by atoms with Crippen LogP contribution in [0.3, 0.4) is 0 Å². The molecular formula is C21H16Cl5N3O2. The third-order valence-electron chi connectivity index (χ3n) is 5.13. The highest BCUT2D eigenvalue weighted by molar-refractivity contribution is 6.53. The molecule has 0 radical (unpaired) electrons. The van der Waals surface area contributed by atoms with Crippen LogP contribution in [0, 0.1) is 11.8 Å². The Morgan fingerprint density at radius 1 is 1.03 bits per heavy atom. The molecule has 2 amide bonds. The Hall–Kier alpha value is -1.50. The zero-order valence-electron chi connectivity index (χ0n) is 15.8. The quantitative estimate of drug-likeness (QED) is 0.267. The minimum absolute atomic E-state index is 0.185. The van der Waals surface area contributed by atoms with Gasteiger partial charge >= 0.3 is 0 Å². The first-order chi connectivity index (χ1) is 14.7. The number of amides is 2. The standard InChI is InChI=1S/C21H16Cl5N3O2/c22-12-5-11(6-13(23)7-12)17-18(21(17,25)26)20(31)28-14-3-4-16(24)15(8-14)19(30)29-27-9-10-1-2-10/h3-10,17-18H,1-2H2,(H,28,31)(H,29,30). The number of nitrogens with zero attached hydrogens (tertiary/aromatic N) is 1. The lowest BCUT2D eigenvalue weighted by Crippen LogP contribution is -2.20. The number of benzene rings is 2. The third kappa shape index (κ3) is 5.12. The lowest BCUT2D eigenvalue weighted by molar-refractivity contribution is -0.117. The van der Waals surface area contributed by atoms with E-state index in [0.29, 0.717) is 27.2 Å². The number of hydrogen-bond acceptors (Lipinski definition) is 3. The summed E-state index contributed by atoms with van der Waals surface area (Å²) in [7, 11) is 0. The minimum Gasteiger partial charge on any atom is -0.326 e. The number of carbonyl (C=O) groups excluding carboxylic acids is 2. The van der Waals surface area contributed by atoms with E-state index in [9.17, 15) is 9.59 Å². The van der Waals surface area contributed by atoms with Gasteiger partial charge in [-0.1, -0.05) is 34.8 Å². The molecular weight excluding hydrogens is 504 g/mol. The van der Waals surface area contributed by atoms with Crippen LogP contribution in [0.15, 0.2) is 41.5 Å². The summed E-state index contributed by atoms with van der Waals surface area (Å²) in [4.78, 5) is 25.2. The second-order valence-corrected chi connectivity index (χ2v) is 10.3. The summed E-state index contributed by atoms with van der Waals surface area (Å²) >= 11 is 31.0. The van der Waals surface area contributed by atoms with Gasteiger partial charge in [0.05, 0.1) is 16.5 Å². The van der Waals surface area contributed by atoms with Gasteiger partial charge in [0.25, 0.3) is 5.91 Å². The first-order valence-corrected chi connectivity index (χ1v) is 11.3. The first kappa shape index (κ1) is 22.7. The van der Waals surface area contributed by atoms with Crippen LogP contribution in [-0.2, 0) is 4.79 Å². The van der Waals surface area contributed by atoms with Crippen LogP contribution >= 0.6 is 58.0 Å². The maximum atomic E-state index is 12.9. The lowest BCUT2D eigenvalue weighted by Gasteiger charge is -2.09. The Labute approximate surface area is 204 Å². The van der Waals surface area contributed by atoms with Gasteiger partial charge in [0, 0.05) is 27.9 Å². The van der Waals surface area contributed by atoms with Gasteiger partial charge in [0.2, 0.25) is 5.91 Å². The van der Waals surface area contributed by atoms with Gasteiger partial charge in [0.1, 0.15) is 4.33 Å². The van der Waals surface area contributed by atoms with Gasteiger partial charge in [-0.3, -0.25) is 9.59 Å². The zero-order valence-corrected chi connectivity index (χ0v) is 19.6. The van der Waals surface area contributed by atoms with Crippen LogP contribution < -0.4 is 10.7 Å². The zero-order chi connectivity index (χ0) is 22.3. The van der Waals surface area contributed by atoms with E-state index in [4.69, 9.17) is 58.0 Å². The van der Waals surface area contributed by atoms with Crippen molar-refractivity contribution < 1.29 is 9.59 Å². The molecule has 0 aromatic heterocycles. The highest BCUT2D eigenvalue weighted by atomic mass is 35.5. The summed E-state index contributed by atoms with van der Waals surface area (Å²) in [5.41, 5.74) is 3.68. The number of hydrogen-bond donors (Lipinski definition) is 2. The molecule has 2 aliphatic rings. The number of hydrazone groups is 1. The number of halogens is 5. The smallest absolute Gasteiger partial charge is 0.272 e. The fourth-order valence-electron chi connectivity index (χ4n) is 3.33. The Morgan fingerprint density at radius 3 is 2.35 bits per heavy atom. The molecule has 10 heteroatoms. The van der Waals surface area contributed by atoms with Crippen molar-refractivity contribution in [2.75, 3.05) is 5.32 Å². The van der Waals surface area contributed by atoms with Crippen LogP contribution in [0.25, 0.3) is 0 Å². The van der Waals surface area contributed by atoms with E-state index >= 15 is 0 Å². The molecule has 0 bridgehead atoms. The van der Waals surface area contributed by atoms with Crippen molar-refractivity contribution >= 4 is 81.7 Å². The van der Waals surface area contributed by atoms with Gasteiger partial charge in [-0.05, 0) is 60.7 Å². The average molecular weight is 520 g/mol. The summed E-state index contributed by atoms with van der Waals surface area (Å²) in [6, 6.07) is 9.52. The molecule has 2 fully saturated rings. The number of alkyl halides is 2. The van der Waals surface area contributed by atoms with Crippen LogP contribution in [0.2, 0.25) is 15.1 Å². The SMILES string of the molecule is O=C(NN=CC1CC1)c1cc(NC(=O)C2C(c3cc(Cl)cc(Cl)c3)C2(Cl)Cl)ccc1Cl. The molecule has 0 saturated heterocycles. The highest BCUT2D eigenvalue weighted by Crippen LogP contribution is 2.65. The van der Waals surface area contributed by atoms with Crippen molar-refractivity contribution in [1.29, 1.82) is 0 Å². The molecule has 2 aromatic rings. The van der Waals surface area contributed by atoms with E-state index in [1.165, 1.54) is 12.1 Å². The second-order valence-electron chi connectivity index (χ2n) is 7.57. The highest BCUT2D eigenvalue weighted by Gasteiger charge is 2.67. The van der Waals surface area contributed by atoms with E-state index < -0.39 is 28.0 Å². The Morgan fingerprint density at radius 2 is 1.71 bits per heavy atom. The predicted octanol–water partition coefficient (Wildman–Crippen LogP) is 6.30. The topological polar surface area (TPSA) is 70.6 Å². The molecule has 2 N–H and O–H groups in total. The van der Waals surface area contributed by atoms with Gasteiger partial charge in [-0.15, -0.1) is 23.2 Å². The summed E-state index contributed by atoms with van der Waals surface area (Å²) in [6.07, 6.45) is 3.86.